The topological polar surface area (TPSA) is 75.0 Å². The molecule has 0 aromatic carbocycles. The number of nitrogens with zero attached hydrogens (tertiary/aromatic N) is 5. The Morgan fingerprint density at radius 1 is 1.30 bits per heavy atom. The molecule has 0 radical (unpaired) electrons. The fourth-order valence-electron chi connectivity index (χ4n) is 3.57. The fourth-order valence-corrected chi connectivity index (χ4v) is 3.57. The van der Waals surface area contributed by atoms with Gasteiger partial charge in [-0.2, -0.15) is 5.10 Å². The normalized spacial score (nSPS) is 15.9. The van der Waals surface area contributed by atoms with Crippen LogP contribution in [0.25, 0.3) is 0 Å². The summed E-state index contributed by atoms with van der Waals surface area (Å²) in [7, 11) is 0. The van der Waals surface area contributed by atoms with Crippen molar-refractivity contribution in [2.45, 2.75) is 66.0 Å². The molecule has 0 bridgehead atoms. The summed E-state index contributed by atoms with van der Waals surface area (Å²) in [5.41, 5.74) is -0.456. The van der Waals surface area contributed by atoms with E-state index in [0.717, 1.165) is 64.5 Å². The molecule has 0 aliphatic carbocycles. The lowest BCUT2D eigenvalue weighted by Crippen LogP contribution is -2.48. The van der Waals surface area contributed by atoms with Crippen molar-refractivity contribution in [3.63, 3.8) is 0 Å². The van der Waals surface area contributed by atoms with E-state index >= 15 is 0 Å². The second kappa shape index (κ2) is 11.8. The predicted octanol–water partition coefficient (Wildman–Crippen LogP) is 3.21. The van der Waals surface area contributed by atoms with Gasteiger partial charge in [0.2, 0.25) is 0 Å². The van der Waals surface area contributed by atoms with Crippen molar-refractivity contribution in [3.05, 3.63) is 18.5 Å². The molecule has 2 heterocycles. The lowest BCUT2D eigenvalue weighted by Gasteiger charge is -2.36. The molecule has 170 valence electrons. The number of guanidine groups is 1. The molecule has 1 aliphatic rings. The van der Waals surface area contributed by atoms with Gasteiger partial charge in [0.05, 0.1) is 0 Å². The van der Waals surface area contributed by atoms with E-state index in [9.17, 15) is 4.79 Å². The van der Waals surface area contributed by atoms with Crippen LogP contribution in [0.4, 0.5) is 4.79 Å². The minimum atomic E-state index is -0.456. The quantitative estimate of drug-likeness (QED) is 0.397. The highest BCUT2D eigenvalue weighted by atomic mass is 16.6. The highest BCUT2D eigenvalue weighted by Gasteiger charge is 2.27. The highest BCUT2D eigenvalue weighted by molar-refractivity contribution is 5.80. The molecular weight excluding hydrogens is 380 g/mol. The van der Waals surface area contributed by atoms with Gasteiger partial charge < -0.3 is 19.9 Å². The molecule has 1 fully saturated rings. The van der Waals surface area contributed by atoms with Gasteiger partial charge in [0.1, 0.15) is 5.60 Å². The molecule has 1 aromatic heterocycles. The molecule has 1 aromatic rings. The minimum Gasteiger partial charge on any atom is -0.444 e. The Balaban J connectivity index is 1.80. The number of aryl methyl sites for hydroxylation is 1. The van der Waals surface area contributed by atoms with E-state index in [0.29, 0.717) is 12.5 Å². The van der Waals surface area contributed by atoms with Gasteiger partial charge in [0, 0.05) is 58.2 Å². The monoisotopic (exact) mass is 420 g/mol. The summed E-state index contributed by atoms with van der Waals surface area (Å²) >= 11 is 0. The molecule has 30 heavy (non-hydrogen) atoms. The number of ether oxygens (including phenoxy) is 1. The lowest BCUT2D eigenvalue weighted by molar-refractivity contribution is 0.0214. The summed E-state index contributed by atoms with van der Waals surface area (Å²) in [6, 6.07) is 1.94. The van der Waals surface area contributed by atoms with Crippen LogP contribution in [0.5, 0.6) is 0 Å². The van der Waals surface area contributed by atoms with Gasteiger partial charge in [-0.3, -0.25) is 9.67 Å². The average Bonchev–Trinajstić information content (AvgIpc) is 3.21. The molecule has 8 nitrogen and oxygen atoms in total. The predicted molar refractivity (Wildman–Crippen MR) is 121 cm³/mol. The zero-order valence-corrected chi connectivity index (χ0v) is 19.4. The standard InChI is InChI=1S/C22H40N6O2/c1-6-23-20(24-12-8-14-28-15-9-13-25-28)27-16-10-19(11-17-27)18-26(7-2)21(29)30-22(3,4)5/h9,13,15,19H,6-8,10-12,14,16-18H2,1-5H3,(H,23,24). The van der Waals surface area contributed by atoms with E-state index in [1.165, 1.54) is 0 Å². The van der Waals surface area contributed by atoms with Crippen LogP contribution in [-0.2, 0) is 11.3 Å². The second-order valence-electron chi connectivity index (χ2n) is 8.81. The summed E-state index contributed by atoms with van der Waals surface area (Å²) < 4.78 is 7.49. The van der Waals surface area contributed by atoms with Gasteiger partial charge in [-0.05, 0) is 65.9 Å². The second-order valence-corrected chi connectivity index (χ2v) is 8.81. The maximum absolute atomic E-state index is 12.4. The van der Waals surface area contributed by atoms with Crippen molar-refractivity contribution >= 4 is 12.1 Å². The van der Waals surface area contributed by atoms with Crippen LogP contribution in [0.3, 0.4) is 0 Å². The average molecular weight is 421 g/mol. The van der Waals surface area contributed by atoms with Crippen LogP contribution in [0.15, 0.2) is 23.5 Å². The van der Waals surface area contributed by atoms with Gasteiger partial charge in [0.15, 0.2) is 5.96 Å². The molecule has 0 unspecified atom stereocenters. The van der Waals surface area contributed by atoms with E-state index in [-0.39, 0.29) is 6.09 Å². The summed E-state index contributed by atoms with van der Waals surface area (Å²) in [4.78, 5) is 21.4. The molecule has 1 saturated heterocycles. The van der Waals surface area contributed by atoms with Crippen LogP contribution in [-0.4, -0.2) is 76.5 Å². The summed E-state index contributed by atoms with van der Waals surface area (Å²) in [6.45, 7) is 15.7. The van der Waals surface area contributed by atoms with Crippen LogP contribution in [0.2, 0.25) is 0 Å². The Kier molecular flexibility index (Phi) is 9.46. The maximum Gasteiger partial charge on any atom is 0.410 e. The number of piperidine rings is 1. The fraction of sp³-hybridized carbons (Fsp3) is 0.773. The largest absolute Gasteiger partial charge is 0.444 e. The number of rotatable bonds is 8. The first-order chi connectivity index (χ1) is 14.3. The minimum absolute atomic E-state index is 0.209. The van der Waals surface area contributed by atoms with Gasteiger partial charge in [-0.1, -0.05) is 0 Å². The number of amides is 1. The molecule has 1 N–H and O–H groups in total. The van der Waals surface area contributed by atoms with Crippen LogP contribution >= 0.6 is 0 Å². The molecule has 0 atom stereocenters. The number of hydrogen-bond donors (Lipinski definition) is 1. The Morgan fingerprint density at radius 2 is 2.03 bits per heavy atom. The van der Waals surface area contributed by atoms with E-state index in [1.54, 1.807) is 6.20 Å². The molecule has 0 spiro atoms. The number of hydrogen-bond acceptors (Lipinski definition) is 4. The van der Waals surface area contributed by atoms with E-state index < -0.39 is 5.60 Å². The molecular formula is C22H40N6O2. The van der Waals surface area contributed by atoms with Crippen molar-refractivity contribution < 1.29 is 9.53 Å². The SMILES string of the molecule is CCNC(=NCCCn1cccn1)N1CCC(CN(CC)C(=O)OC(C)(C)C)CC1. The number of likely N-dealkylation sites (tertiary alicyclic amines) is 1. The van der Waals surface area contributed by atoms with Crippen molar-refractivity contribution in [1.29, 1.82) is 0 Å². The lowest BCUT2D eigenvalue weighted by atomic mass is 9.96. The highest BCUT2D eigenvalue weighted by Crippen LogP contribution is 2.20. The first-order valence-corrected chi connectivity index (χ1v) is 11.3. The van der Waals surface area contributed by atoms with Crippen LogP contribution in [0, 0.1) is 5.92 Å². The zero-order valence-electron chi connectivity index (χ0n) is 19.4. The first kappa shape index (κ1) is 24.0. The van der Waals surface area contributed by atoms with E-state index in [2.05, 4.69) is 22.2 Å². The van der Waals surface area contributed by atoms with Crippen molar-refractivity contribution in [2.24, 2.45) is 10.9 Å². The Bertz CT molecular complexity index is 645. The maximum atomic E-state index is 12.4. The zero-order chi connectivity index (χ0) is 22.0. The molecule has 8 heteroatoms. The summed E-state index contributed by atoms with van der Waals surface area (Å²) in [5.74, 6) is 1.49. The number of aromatic nitrogens is 2. The number of carbonyl (C=O) groups excluding carboxylic acids is 1. The Hall–Kier alpha value is -2.25. The molecule has 1 amide bonds. The van der Waals surface area contributed by atoms with Gasteiger partial charge >= 0.3 is 6.09 Å². The molecule has 0 saturated carbocycles. The van der Waals surface area contributed by atoms with Crippen molar-refractivity contribution in [3.8, 4) is 0 Å². The van der Waals surface area contributed by atoms with Gasteiger partial charge in [0.25, 0.3) is 0 Å². The number of carbonyl (C=O) groups is 1. The molecule has 1 aliphatic heterocycles. The van der Waals surface area contributed by atoms with E-state index in [1.807, 2.05) is 49.5 Å². The van der Waals surface area contributed by atoms with Crippen molar-refractivity contribution in [1.82, 2.24) is 24.9 Å². The third-order valence-electron chi connectivity index (χ3n) is 5.13. The van der Waals surface area contributed by atoms with Crippen LogP contribution in [0.1, 0.15) is 53.9 Å². The smallest absolute Gasteiger partial charge is 0.410 e. The third kappa shape index (κ3) is 8.24. The van der Waals surface area contributed by atoms with Crippen LogP contribution < -0.4 is 5.32 Å². The number of aliphatic imine (C=N–C) groups is 1. The first-order valence-electron chi connectivity index (χ1n) is 11.3. The van der Waals surface area contributed by atoms with Gasteiger partial charge in [-0.15, -0.1) is 0 Å². The van der Waals surface area contributed by atoms with E-state index in [4.69, 9.17) is 9.73 Å². The molecule has 2 rings (SSSR count). The van der Waals surface area contributed by atoms with Gasteiger partial charge in [-0.25, -0.2) is 4.79 Å². The number of nitrogens with one attached hydrogen (secondary N) is 1. The third-order valence-corrected chi connectivity index (χ3v) is 5.13. The Morgan fingerprint density at radius 3 is 2.60 bits per heavy atom. The van der Waals surface area contributed by atoms with Crippen molar-refractivity contribution in [2.75, 3.05) is 39.3 Å². The summed E-state index contributed by atoms with van der Waals surface area (Å²) in [6.07, 6.45) is 6.65. The Labute approximate surface area is 181 Å². The summed E-state index contributed by atoms with van der Waals surface area (Å²) in [5, 5.41) is 7.66.